The van der Waals surface area contributed by atoms with E-state index in [9.17, 15) is 0 Å². The van der Waals surface area contributed by atoms with Crippen LogP contribution < -0.4 is 5.73 Å². The molecule has 0 saturated heterocycles. The van der Waals surface area contributed by atoms with Crippen LogP contribution in [0.2, 0.25) is 0 Å². The lowest BCUT2D eigenvalue weighted by molar-refractivity contribution is 0.777. The fourth-order valence-corrected chi connectivity index (χ4v) is 0.895. The SMILES string of the molecule is Cc1cnc(C(C)N)cc1C. The van der Waals surface area contributed by atoms with Gasteiger partial charge >= 0.3 is 0 Å². The van der Waals surface area contributed by atoms with Gasteiger partial charge in [-0.1, -0.05) is 0 Å². The summed E-state index contributed by atoms with van der Waals surface area (Å²) in [6, 6.07) is 2.08. The highest BCUT2D eigenvalue weighted by Gasteiger charge is 2.01. The summed E-state index contributed by atoms with van der Waals surface area (Å²) >= 11 is 0. The van der Waals surface area contributed by atoms with E-state index in [1.807, 2.05) is 26.1 Å². The largest absolute Gasteiger partial charge is 0.323 e. The lowest BCUT2D eigenvalue weighted by Gasteiger charge is -2.06. The van der Waals surface area contributed by atoms with Gasteiger partial charge in [0.25, 0.3) is 0 Å². The first kappa shape index (κ1) is 8.21. The van der Waals surface area contributed by atoms with Crippen molar-refractivity contribution in [3.63, 3.8) is 0 Å². The number of nitrogens with two attached hydrogens (primary N) is 1. The molecule has 60 valence electrons. The molecule has 0 aliphatic carbocycles. The van der Waals surface area contributed by atoms with Crippen molar-refractivity contribution < 1.29 is 0 Å². The van der Waals surface area contributed by atoms with Crippen molar-refractivity contribution in [3.8, 4) is 0 Å². The molecular formula is C9H14N2. The summed E-state index contributed by atoms with van der Waals surface area (Å²) in [4.78, 5) is 4.21. The fourth-order valence-electron chi connectivity index (χ4n) is 0.895. The van der Waals surface area contributed by atoms with Crippen molar-refractivity contribution in [2.45, 2.75) is 26.8 Å². The van der Waals surface area contributed by atoms with Gasteiger partial charge in [0.1, 0.15) is 0 Å². The number of nitrogens with zero attached hydrogens (tertiary/aromatic N) is 1. The lowest BCUT2D eigenvalue weighted by atomic mass is 10.1. The van der Waals surface area contributed by atoms with Crippen LogP contribution in [-0.2, 0) is 0 Å². The van der Waals surface area contributed by atoms with Gasteiger partial charge in [0.15, 0.2) is 0 Å². The molecule has 2 heteroatoms. The van der Waals surface area contributed by atoms with E-state index in [2.05, 4.69) is 11.9 Å². The third-order valence-corrected chi connectivity index (χ3v) is 1.86. The lowest BCUT2D eigenvalue weighted by Crippen LogP contribution is -2.07. The molecule has 1 aromatic rings. The van der Waals surface area contributed by atoms with Crippen molar-refractivity contribution in [3.05, 3.63) is 29.1 Å². The Balaban J connectivity index is 3.05. The Morgan fingerprint density at radius 1 is 1.36 bits per heavy atom. The van der Waals surface area contributed by atoms with Gasteiger partial charge in [0.05, 0.1) is 5.69 Å². The molecule has 0 radical (unpaired) electrons. The highest BCUT2D eigenvalue weighted by atomic mass is 14.8. The maximum atomic E-state index is 5.67. The van der Waals surface area contributed by atoms with Gasteiger partial charge in [-0.2, -0.15) is 0 Å². The molecule has 0 aliphatic heterocycles. The molecule has 1 unspecified atom stereocenters. The average molecular weight is 150 g/mol. The Bertz CT molecular complexity index is 254. The molecule has 1 aromatic heterocycles. The molecule has 0 fully saturated rings. The molecule has 0 bridgehead atoms. The summed E-state index contributed by atoms with van der Waals surface area (Å²) in [6.07, 6.45) is 1.87. The summed E-state index contributed by atoms with van der Waals surface area (Å²) < 4.78 is 0. The molecule has 1 heterocycles. The first-order valence-corrected chi connectivity index (χ1v) is 3.80. The maximum Gasteiger partial charge on any atom is 0.0570 e. The summed E-state index contributed by atoms with van der Waals surface area (Å²) in [5.74, 6) is 0. The van der Waals surface area contributed by atoms with Crippen molar-refractivity contribution in [2.75, 3.05) is 0 Å². The quantitative estimate of drug-likeness (QED) is 0.662. The minimum atomic E-state index is 0.0364. The third kappa shape index (κ3) is 1.77. The predicted molar refractivity (Wildman–Crippen MR) is 46.3 cm³/mol. The van der Waals surface area contributed by atoms with E-state index >= 15 is 0 Å². The molecule has 2 N–H and O–H groups in total. The van der Waals surface area contributed by atoms with Gasteiger partial charge in [-0.05, 0) is 38.0 Å². The van der Waals surface area contributed by atoms with E-state index < -0.39 is 0 Å². The van der Waals surface area contributed by atoms with E-state index in [1.54, 1.807) is 0 Å². The summed E-state index contributed by atoms with van der Waals surface area (Å²) in [5, 5.41) is 0. The van der Waals surface area contributed by atoms with Crippen LogP contribution in [0.15, 0.2) is 12.3 Å². The van der Waals surface area contributed by atoms with E-state index in [-0.39, 0.29) is 6.04 Å². The standard InChI is InChI=1S/C9H14N2/c1-6-4-9(8(3)10)11-5-7(6)2/h4-5,8H,10H2,1-3H3. The Morgan fingerprint density at radius 3 is 2.45 bits per heavy atom. The van der Waals surface area contributed by atoms with Crippen molar-refractivity contribution in [2.24, 2.45) is 5.73 Å². The normalized spacial score (nSPS) is 13.1. The van der Waals surface area contributed by atoms with Crippen molar-refractivity contribution >= 4 is 0 Å². The van der Waals surface area contributed by atoms with E-state index in [0.29, 0.717) is 0 Å². The van der Waals surface area contributed by atoms with Crippen molar-refractivity contribution in [1.82, 2.24) is 4.98 Å². The second-order valence-corrected chi connectivity index (χ2v) is 2.98. The van der Waals surface area contributed by atoms with E-state index in [4.69, 9.17) is 5.73 Å². The number of hydrogen-bond acceptors (Lipinski definition) is 2. The molecule has 1 atom stereocenters. The molecule has 0 aliphatic rings. The molecule has 0 saturated carbocycles. The van der Waals surface area contributed by atoms with E-state index in [1.165, 1.54) is 11.1 Å². The second-order valence-electron chi connectivity index (χ2n) is 2.98. The molecule has 2 nitrogen and oxygen atoms in total. The fraction of sp³-hybridized carbons (Fsp3) is 0.444. The Morgan fingerprint density at radius 2 is 2.00 bits per heavy atom. The molecule has 0 aromatic carbocycles. The number of rotatable bonds is 1. The highest BCUT2D eigenvalue weighted by molar-refractivity contribution is 5.24. The number of aromatic nitrogens is 1. The van der Waals surface area contributed by atoms with Gasteiger partial charge in [-0.3, -0.25) is 4.98 Å². The highest BCUT2D eigenvalue weighted by Crippen LogP contribution is 2.10. The van der Waals surface area contributed by atoms with Crippen LogP contribution in [0.1, 0.15) is 29.8 Å². The zero-order valence-corrected chi connectivity index (χ0v) is 7.26. The molecule has 1 rings (SSSR count). The Hall–Kier alpha value is -0.890. The van der Waals surface area contributed by atoms with Crippen LogP contribution >= 0.6 is 0 Å². The zero-order chi connectivity index (χ0) is 8.43. The van der Waals surface area contributed by atoms with Gasteiger partial charge in [-0.25, -0.2) is 0 Å². The average Bonchev–Trinajstić information content (AvgIpc) is 1.94. The Kier molecular flexibility index (Phi) is 2.25. The summed E-state index contributed by atoms with van der Waals surface area (Å²) in [6.45, 7) is 6.06. The molecule has 11 heavy (non-hydrogen) atoms. The van der Waals surface area contributed by atoms with Crippen LogP contribution in [0.5, 0.6) is 0 Å². The Labute approximate surface area is 67.5 Å². The van der Waals surface area contributed by atoms with Gasteiger partial charge in [0, 0.05) is 12.2 Å². The topological polar surface area (TPSA) is 38.9 Å². The van der Waals surface area contributed by atoms with Gasteiger partial charge in [-0.15, -0.1) is 0 Å². The second kappa shape index (κ2) is 3.01. The maximum absolute atomic E-state index is 5.67. The van der Waals surface area contributed by atoms with Crippen molar-refractivity contribution in [1.29, 1.82) is 0 Å². The van der Waals surface area contributed by atoms with Crippen LogP contribution in [0, 0.1) is 13.8 Å². The third-order valence-electron chi connectivity index (χ3n) is 1.86. The minimum Gasteiger partial charge on any atom is -0.323 e. The zero-order valence-electron chi connectivity index (χ0n) is 7.26. The minimum absolute atomic E-state index is 0.0364. The van der Waals surface area contributed by atoms with Crippen LogP contribution in [0.25, 0.3) is 0 Å². The first-order chi connectivity index (χ1) is 5.11. The van der Waals surface area contributed by atoms with E-state index in [0.717, 1.165) is 5.69 Å². The smallest absolute Gasteiger partial charge is 0.0570 e. The molecule has 0 amide bonds. The van der Waals surface area contributed by atoms with Gasteiger partial charge < -0.3 is 5.73 Å². The predicted octanol–water partition coefficient (Wildman–Crippen LogP) is 1.72. The molecular weight excluding hydrogens is 136 g/mol. The monoisotopic (exact) mass is 150 g/mol. The first-order valence-electron chi connectivity index (χ1n) is 3.80. The van der Waals surface area contributed by atoms with Crippen LogP contribution in [0.4, 0.5) is 0 Å². The summed E-state index contributed by atoms with van der Waals surface area (Å²) in [7, 11) is 0. The summed E-state index contributed by atoms with van der Waals surface area (Å²) in [5.41, 5.74) is 9.11. The van der Waals surface area contributed by atoms with Crippen LogP contribution in [0.3, 0.4) is 0 Å². The van der Waals surface area contributed by atoms with Gasteiger partial charge in [0.2, 0.25) is 0 Å². The molecule has 0 spiro atoms. The number of hydrogen-bond donors (Lipinski definition) is 1. The number of aryl methyl sites for hydroxylation is 2. The van der Waals surface area contributed by atoms with Crippen LogP contribution in [-0.4, -0.2) is 4.98 Å². The number of pyridine rings is 1.